The maximum absolute atomic E-state index is 5.08. The molecule has 0 radical (unpaired) electrons. The standard InChI is InChI=1S/C44H35NS/c1-28(45-29(2)33-19-13-23-40-41(33)38-18-10-11-22-39(38)44(40,3)4)30-24-26-32(27-25-30)34-16-8-9-17-36-37-21-12-20-35(43(37)46-42(34)36)31-14-6-5-7-15-31/h5-7,9-27H,2,8H2,1,3-4H3/b45-28+. The summed E-state index contributed by atoms with van der Waals surface area (Å²) in [7, 11) is 0. The van der Waals surface area contributed by atoms with Crippen LogP contribution >= 0.6 is 11.3 Å². The molecule has 0 N–H and O–H groups in total. The fourth-order valence-electron chi connectivity index (χ4n) is 7.28. The predicted molar refractivity (Wildman–Crippen MR) is 200 cm³/mol. The van der Waals surface area contributed by atoms with E-state index in [1.807, 2.05) is 11.3 Å². The van der Waals surface area contributed by atoms with Gasteiger partial charge >= 0.3 is 0 Å². The van der Waals surface area contributed by atoms with Crippen LogP contribution in [0.5, 0.6) is 0 Å². The minimum atomic E-state index is -0.0452. The van der Waals surface area contributed by atoms with Crippen molar-refractivity contribution in [3.05, 3.63) is 172 Å². The van der Waals surface area contributed by atoms with Gasteiger partial charge in [0, 0.05) is 37.2 Å². The highest BCUT2D eigenvalue weighted by atomic mass is 32.1. The van der Waals surface area contributed by atoms with Crippen molar-refractivity contribution in [3.8, 4) is 22.3 Å². The van der Waals surface area contributed by atoms with Gasteiger partial charge in [-0.15, -0.1) is 11.3 Å². The largest absolute Gasteiger partial charge is 0.253 e. The molecule has 2 aliphatic carbocycles. The molecular weight excluding hydrogens is 575 g/mol. The van der Waals surface area contributed by atoms with Crippen LogP contribution in [0.15, 0.2) is 139 Å². The van der Waals surface area contributed by atoms with E-state index in [2.05, 4.69) is 161 Å². The van der Waals surface area contributed by atoms with E-state index in [-0.39, 0.29) is 5.41 Å². The van der Waals surface area contributed by atoms with E-state index in [0.717, 1.165) is 29.0 Å². The van der Waals surface area contributed by atoms with E-state index < -0.39 is 0 Å². The molecule has 1 aromatic heterocycles. The summed E-state index contributed by atoms with van der Waals surface area (Å²) in [4.78, 5) is 6.41. The number of thiophene rings is 1. The van der Waals surface area contributed by atoms with Crippen molar-refractivity contribution < 1.29 is 0 Å². The molecule has 46 heavy (non-hydrogen) atoms. The van der Waals surface area contributed by atoms with Crippen LogP contribution in [0.4, 0.5) is 0 Å². The monoisotopic (exact) mass is 609 g/mol. The van der Waals surface area contributed by atoms with Crippen LogP contribution in [0.1, 0.15) is 65.4 Å². The van der Waals surface area contributed by atoms with Gasteiger partial charge in [0.15, 0.2) is 0 Å². The molecule has 1 nitrogen and oxygen atoms in total. The Labute approximate surface area is 275 Å². The average molecular weight is 610 g/mol. The second kappa shape index (κ2) is 11.1. The van der Waals surface area contributed by atoms with Crippen molar-refractivity contribution in [1.82, 2.24) is 0 Å². The summed E-state index contributed by atoms with van der Waals surface area (Å²) in [6.07, 6.45) is 7.87. The summed E-state index contributed by atoms with van der Waals surface area (Å²) < 4.78 is 1.34. The molecule has 0 atom stereocenters. The van der Waals surface area contributed by atoms with Gasteiger partial charge in [-0.2, -0.15) is 0 Å². The maximum atomic E-state index is 5.08. The fraction of sp³-hybridized carbons (Fsp3) is 0.114. The van der Waals surface area contributed by atoms with Crippen LogP contribution in [0.2, 0.25) is 0 Å². The van der Waals surface area contributed by atoms with E-state index in [1.54, 1.807) is 0 Å². The summed E-state index contributed by atoms with van der Waals surface area (Å²) in [6.45, 7) is 11.2. The van der Waals surface area contributed by atoms with Crippen LogP contribution in [0.25, 0.3) is 49.7 Å². The third kappa shape index (κ3) is 4.56. The van der Waals surface area contributed by atoms with Crippen LogP contribution < -0.4 is 0 Å². The van der Waals surface area contributed by atoms with Crippen LogP contribution in [-0.4, -0.2) is 5.71 Å². The summed E-state index contributed by atoms with van der Waals surface area (Å²) in [5.41, 5.74) is 15.6. The van der Waals surface area contributed by atoms with Crippen molar-refractivity contribution >= 4 is 44.5 Å². The zero-order valence-electron chi connectivity index (χ0n) is 26.5. The Balaban J connectivity index is 1.12. The lowest BCUT2D eigenvalue weighted by atomic mass is 9.82. The van der Waals surface area contributed by atoms with Crippen molar-refractivity contribution in [2.45, 2.75) is 32.6 Å². The molecule has 0 aliphatic heterocycles. The van der Waals surface area contributed by atoms with Crippen molar-refractivity contribution in [2.24, 2.45) is 4.99 Å². The molecule has 6 aromatic rings. The molecule has 2 heteroatoms. The van der Waals surface area contributed by atoms with Gasteiger partial charge < -0.3 is 0 Å². The normalized spacial score (nSPS) is 14.8. The Morgan fingerprint density at radius 2 is 1.46 bits per heavy atom. The molecule has 0 bridgehead atoms. The SMILES string of the molecule is C=C(/N=C(\C)c1ccc(C2=CCC=Cc3c2sc2c(-c4ccccc4)cccc32)cc1)c1cccc2c1-c1ccccc1C2(C)C. The van der Waals surface area contributed by atoms with Gasteiger partial charge in [0.05, 0.1) is 5.70 Å². The number of nitrogens with zero attached hydrogens (tertiary/aromatic N) is 1. The second-order valence-electron chi connectivity index (χ2n) is 12.8. The van der Waals surface area contributed by atoms with E-state index in [9.17, 15) is 0 Å². The Bertz CT molecular complexity index is 2260. The van der Waals surface area contributed by atoms with Crippen LogP contribution in [0.3, 0.4) is 0 Å². The smallest absolute Gasteiger partial charge is 0.0640 e. The molecule has 0 fully saturated rings. The fourth-order valence-corrected chi connectivity index (χ4v) is 8.66. The number of rotatable bonds is 5. The number of allylic oxidation sites excluding steroid dienone is 2. The molecule has 222 valence electrons. The molecule has 0 saturated carbocycles. The Morgan fingerprint density at radius 1 is 0.739 bits per heavy atom. The first-order valence-electron chi connectivity index (χ1n) is 16.0. The molecular formula is C44H35NS. The topological polar surface area (TPSA) is 12.4 Å². The lowest BCUT2D eigenvalue weighted by molar-refractivity contribution is 0.660. The Hall–Kier alpha value is -5.05. The van der Waals surface area contributed by atoms with Crippen molar-refractivity contribution in [2.75, 3.05) is 0 Å². The first-order chi connectivity index (χ1) is 22.4. The molecule has 5 aromatic carbocycles. The second-order valence-corrected chi connectivity index (χ2v) is 13.8. The van der Waals surface area contributed by atoms with Crippen molar-refractivity contribution in [3.63, 3.8) is 0 Å². The summed E-state index contributed by atoms with van der Waals surface area (Å²) in [5, 5.41) is 1.32. The maximum Gasteiger partial charge on any atom is 0.0640 e. The molecule has 2 aliphatic rings. The van der Waals surface area contributed by atoms with Gasteiger partial charge in [-0.1, -0.05) is 154 Å². The van der Waals surface area contributed by atoms with Gasteiger partial charge in [0.25, 0.3) is 0 Å². The lowest BCUT2D eigenvalue weighted by Crippen LogP contribution is -2.14. The number of fused-ring (bicyclic) bond motifs is 6. The summed E-state index contributed by atoms with van der Waals surface area (Å²) in [5.74, 6) is 0. The highest BCUT2D eigenvalue weighted by Gasteiger charge is 2.36. The third-order valence-electron chi connectivity index (χ3n) is 9.66. The zero-order chi connectivity index (χ0) is 31.4. The Morgan fingerprint density at radius 3 is 2.28 bits per heavy atom. The quantitative estimate of drug-likeness (QED) is 0.172. The Kier molecular flexibility index (Phi) is 6.85. The van der Waals surface area contributed by atoms with Crippen LogP contribution in [-0.2, 0) is 5.41 Å². The lowest BCUT2D eigenvalue weighted by Gasteiger charge is -2.21. The number of hydrogen-bond acceptors (Lipinski definition) is 2. The summed E-state index contributed by atoms with van der Waals surface area (Å²) >= 11 is 1.90. The van der Waals surface area contributed by atoms with E-state index in [0.29, 0.717) is 0 Å². The predicted octanol–water partition coefficient (Wildman–Crippen LogP) is 12.2. The van der Waals surface area contributed by atoms with Gasteiger partial charge in [-0.25, -0.2) is 0 Å². The zero-order valence-corrected chi connectivity index (χ0v) is 27.3. The highest BCUT2D eigenvalue weighted by Crippen LogP contribution is 2.51. The van der Waals surface area contributed by atoms with Crippen LogP contribution in [0, 0.1) is 0 Å². The molecule has 1 heterocycles. The minimum absolute atomic E-state index is 0.0452. The number of hydrogen-bond donors (Lipinski definition) is 0. The minimum Gasteiger partial charge on any atom is -0.253 e. The van der Waals surface area contributed by atoms with E-state index in [1.165, 1.54) is 65.0 Å². The number of aliphatic imine (C=N–C) groups is 1. The molecule has 0 spiro atoms. The molecule has 0 unspecified atom stereocenters. The first-order valence-corrected chi connectivity index (χ1v) is 16.8. The average Bonchev–Trinajstić information content (AvgIpc) is 3.47. The van der Waals surface area contributed by atoms with Gasteiger partial charge in [-0.3, -0.25) is 4.99 Å². The van der Waals surface area contributed by atoms with E-state index in [4.69, 9.17) is 4.99 Å². The molecule has 0 amide bonds. The number of benzene rings is 5. The molecule has 8 rings (SSSR count). The van der Waals surface area contributed by atoms with Gasteiger partial charge in [0.2, 0.25) is 0 Å². The van der Waals surface area contributed by atoms with Crippen molar-refractivity contribution in [1.29, 1.82) is 0 Å². The van der Waals surface area contributed by atoms with E-state index >= 15 is 0 Å². The van der Waals surface area contributed by atoms with Gasteiger partial charge in [0.1, 0.15) is 0 Å². The summed E-state index contributed by atoms with van der Waals surface area (Å²) in [6, 6.07) is 41.6. The molecule has 0 saturated heterocycles. The third-order valence-corrected chi connectivity index (χ3v) is 10.9. The highest BCUT2D eigenvalue weighted by molar-refractivity contribution is 7.21. The van der Waals surface area contributed by atoms with Gasteiger partial charge in [-0.05, 0) is 63.4 Å². The first kappa shape index (κ1) is 28.4.